The van der Waals surface area contributed by atoms with E-state index in [-0.39, 0.29) is 20.4 Å². The predicted octanol–water partition coefficient (Wildman–Crippen LogP) is -1.62. The van der Waals surface area contributed by atoms with E-state index in [9.17, 15) is 0 Å². The molecule has 0 fully saturated rings. The van der Waals surface area contributed by atoms with Gasteiger partial charge in [0, 0.05) is 20.4 Å². The molecule has 0 aromatic carbocycles. The van der Waals surface area contributed by atoms with Crippen LogP contribution >= 0.6 is 17.2 Å². The Morgan fingerprint density at radius 2 is 0.556 bits per heavy atom. The Morgan fingerprint density at radius 1 is 0.556 bits per heavy atom. The largest absolute Gasteiger partial charge is 0.328 e. The summed E-state index contributed by atoms with van der Waals surface area (Å²) in [6.07, 6.45) is 0. The van der Waals surface area contributed by atoms with Crippen molar-refractivity contribution in [1.29, 1.82) is 0 Å². The minimum Gasteiger partial charge on any atom is -0.328 e. The van der Waals surface area contributed by atoms with Gasteiger partial charge in [0.05, 0.1) is 0 Å². The standard InChI is InChI=1S/2H3O3P.Pd/c2*1-4(2)3;/h2*1-3H;. The van der Waals surface area contributed by atoms with Crippen LogP contribution < -0.4 is 0 Å². The molecule has 0 aromatic rings. The second kappa shape index (κ2) is 12.0. The second-order valence-corrected chi connectivity index (χ2v) is 1.61. The van der Waals surface area contributed by atoms with Crippen molar-refractivity contribution in [1.82, 2.24) is 0 Å². The van der Waals surface area contributed by atoms with Crippen molar-refractivity contribution in [2.24, 2.45) is 0 Å². The maximum Gasteiger partial charge on any atom is 0.324 e. The maximum absolute atomic E-state index is 7.23. The second-order valence-electron chi connectivity index (χ2n) is 0.537. The van der Waals surface area contributed by atoms with Gasteiger partial charge in [0.15, 0.2) is 0 Å². The summed E-state index contributed by atoms with van der Waals surface area (Å²) in [6.45, 7) is 0. The first kappa shape index (κ1) is 16.7. The summed E-state index contributed by atoms with van der Waals surface area (Å²) in [5.74, 6) is 0. The molecule has 0 amide bonds. The van der Waals surface area contributed by atoms with Crippen LogP contribution in [-0.4, -0.2) is 29.4 Å². The van der Waals surface area contributed by atoms with Crippen molar-refractivity contribution >= 4 is 17.2 Å². The smallest absolute Gasteiger partial charge is 0.324 e. The van der Waals surface area contributed by atoms with Crippen LogP contribution in [-0.2, 0) is 20.4 Å². The predicted molar refractivity (Wildman–Crippen MR) is 27.2 cm³/mol. The van der Waals surface area contributed by atoms with Crippen LogP contribution in [0.5, 0.6) is 0 Å². The summed E-state index contributed by atoms with van der Waals surface area (Å²) in [5, 5.41) is 0. The third-order valence-electron chi connectivity index (χ3n) is 0. The van der Waals surface area contributed by atoms with E-state index in [1.807, 2.05) is 0 Å². The van der Waals surface area contributed by atoms with E-state index in [0.717, 1.165) is 0 Å². The van der Waals surface area contributed by atoms with Gasteiger partial charge in [-0.2, -0.15) is 0 Å². The molecule has 0 radical (unpaired) electrons. The van der Waals surface area contributed by atoms with E-state index in [1.165, 1.54) is 0 Å². The topological polar surface area (TPSA) is 121 Å². The molecular weight excluding hydrogens is 264 g/mol. The van der Waals surface area contributed by atoms with Crippen LogP contribution in [0.2, 0.25) is 0 Å². The fraction of sp³-hybridized carbons (Fsp3) is 0. The molecule has 0 spiro atoms. The van der Waals surface area contributed by atoms with Gasteiger partial charge in [-0.1, -0.05) is 0 Å². The Labute approximate surface area is 67.4 Å². The quantitative estimate of drug-likeness (QED) is 0.232. The summed E-state index contributed by atoms with van der Waals surface area (Å²) < 4.78 is 0. The van der Waals surface area contributed by atoms with Gasteiger partial charge >= 0.3 is 17.2 Å². The Hall–Kier alpha value is 1.28. The molecule has 0 aliphatic rings. The van der Waals surface area contributed by atoms with Crippen LogP contribution in [0.4, 0.5) is 0 Å². The van der Waals surface area contributed by atoms with Gasteiger partial charge in [0.25, 0.3) is 0 Å². The molecule has 0 saturated heterocycles. The summed E-state index contributed by atoms with van der Waals surface area (Å²) in [6, 6.07) is 0. The molecule has 0 aromatic heterocycles. The van der Waals surface area contributed by atoms with Crippen molar-refractivity contribution in [3.63, 3.8) is 0 Å². The Bertz CT molecular complexity index is 26.5. The van der Waals surface area contributed by atoms with Gasteiger partial charge in [-0.3, -0.25) is 0 Å². The average Bonchev–Trinajstić information content (AvgIpc) is 1.25. The van der Waals surface area contributed by atoms with Gasteiger partial charge in [0.2, 0.25) is 0 Å². The van der Waals surface area contributed by atoms with Crippen molar-refractivity contribution < 1.29 is 49.8 Å². The first-order valence-corrected chi connectivity index (χ1v) is 3.60. The first-order valence-electron chi connectivity index (χ1n) is 1.20. The van der Waals surface area contributed by atoms with E-state index >= 15 is 0 Å². The first-order chi connectivity index (χ1) is 3.46. The zero-order valence-electron chi connectivity index (χ0n) is 3.89. The molecule has 0 heterocycles. The molecule has 0 atom stereocenters. The molecule has 6 nitrogen and oxygen atoms in total. The molecule has 0 saturated carbocycles. The van der Waals surface area contributed by atoms with Crippen LogP contribution in [0.3, 0.4) is 0 Å². The zero-order valence-corrected chi connectivity index (χ0v) is 7.24. The third-order valence-corrected chi connectivity index (χ3v) is 0. The van der Waals surface area contributed by atoms with Crippen LogP contribution in [0, 0.1) is 0 Å². The van der Waals surface area contributed by atoms with Gasteiger partial charge < -0.3 is 29.4 Å². The fourth-order valence-electron chi connectivity index (χ4n) is 0. The van der Waals surface area contributed by atoms with Gasteiger partial charge in [-0.05, 0) is 0 Å². The molecular formula is H6O6P2Pd. The fourth-order valence-corrected chi connectivity index (χ4v) is 0. The van der Waals surface area contributed by atoms with Crippen LogP contribution in [0.15, 0.2) is 0 Å². The minimum atomic E-state index is -2.62. The summed E-state index contributed by atoms with van der Waals surface area (Å²) in [5.41, 5.74) is 0. The Kier molecular flexibility index (Phi) is 22.3. The van der Waals surface area contributed by atoms with Crippen LogP contribution in [0.1, 0.15) is 0 Å². The number of hydrogen-bond acceptors (Lipinski definition) is 6. The van der Waals surface area contributed by atoms with E-state index < -0.39 is 17.2 Å². The van der Waals surface area contributed by atoms with Gasteiger partial charge in [-0.25, -0.2) is 0 Å². The zero-order chi connectivity index (χ0) is 7.15. The normalized spacial score (nSPS) is 8.00. The van der Waals surface area contributed by atoms with E-state index in [2.05, 4.69) is 0 Å². The van der Waals surface area contributed by atoms with Gasteiger partial charge in [-0.15, -0.1) is 0 Å². The molecule has 9 heavy (non-hydrogen) atoms. The summed E-state index contributed by atoms with van der Waals surface area (Å²) in [4.78, 5) is 43.4. The average molecular weight is 270 g/mol. The monoisotopic (exact) mass is 270 g/mol. The van der Waals surface area contributed by atoms with Gasteiger partial charge in [0.1, 0.15) is 0 Å². The third kappa shape index (κ3) is 299. The summed E-state index contributed by atoms with van der Waals surface area (Å²) >= 11 is 0. The molecule has 6 N–H and O–H groups in total. The van der Waals surface area contributed by atoms with Crippen molar-refractivity contribution in [2.75, 3.05) is 0 Å². The Balaban J connectivity index is -0.0000000720. The molecule has 9 heteroatoms. The van der Waals surface area contributed by atoms with Crippen molar-refractivity contribution in [2.45, 2.75) is 0 Å². The molecule has 0 aliphatic heterocycles. The summed E-state index contributed by atoms with van der Waals surface area (Å²) in [7, 11) is -5.24. The maximum atomic E-state index is 7.23. The minimum absolute atomic E-state index is 0. The molecule has 0 bridgehead atoms. The van der Waals surface area contributed by atoms with E-state index in [4.69, 9.17) is 29.4 Å². The number of hydrogen-bond donors (Lipinski definition) is 6. The SMILES string of the molecule is OP(O)O.OP(O)O.[Pd]. The van der Waals surface area contributed by atoms with Crippen molar-refractivity contribution in [3.05, 3.63) is 0 Å². The number of rotatable bonds is 0. The molecule has 0 rings (SSSR count). The Morgan fingerprint density at radius 3 is 0.556 bits per heavy atom. The van der Waals surface area contributed by atoms with Crippen LogP contribution in [0.25, 0.3) is 0 Å². The van der Waals surface area contributed by atoms with E-state index in [1.54, 1.807) is 0 Å². The molecule has 0 aliphatic carbocycles. The van der Waals surface area contributed by atoms with E-state index in [0.29, 0.717) is 0 Å². The molecule has 0 unspecified atom stereocenters. The van der Waals surface area contributed by atoms with Crippen molar-refractivity contribution in [3.8, 4) is 0 Å². The molecule has 62 valence electrons.